The summed E-state index contributed by atoms with van der Waals surface area (Å²) in [5.74, 6) is 0.130. The van der Waals surface area contributed by atoms with E-state index in [2.05, 4.69) is 5.32 Å². The molecule has 100 valence electrons. The molecule has 1 heterocycles. The van der Waals surface area contributed by atoms with Crippen LogP contribution in [0.3, 0.4) is 0 Å². The normalized spacial score (nSPS) is 24.8. The lowest BCUT2D eigenvalue weighted by Gasteiger charge is -2.30. The molecule has 4 heteroatoms. The Labute approximate surface area is 113 Å². The number of nitrogens with one attached hydrogen (secondary N) is 1. The Morgan fingerprint density at radius 1 is 1.39 bits per heavy atom. The van der Waals surface area contributed by atoms with Crippen molar-refractivity contribution in [2.24, 2.45) is 5.73 Å². The fourth-order valence-corrected chi connectivity index (χ4v) is 3.22. The summed E-state index contributed by atoms with van der Waals surface area (Å²) in [4.78, 5) is 13.5. The highest BCUT2D eigenvalue weighted by molar-refractivity contribution is 7.10. The van der Waals surface area contributed by atoms with E-state index in [0.29, 0.717) is 12.1 Å². The summed E-state index contributed by atoms with van der Waals surface area (Å²) in [5, 5.41) is 5.20. The van der Waals surface area contributed by atoms with Crippen LogP contribution in [0.15, 0.2) is 17.5 Å². The van der Waals surface area contributed by atoms with Gasteiger partial charge in [-0.2, -0.15) is 0 Å². The van der Waals surface area contributed by atoms with Gasteiger partial charge < -0.3 is 11.1 Å². The Bertz CT molecular complexity index is 392. The monoisotopic (exact) mass is 266 g/mol. The number of hydrogen-bond acceptors (Lipinski definition) is 3. The van der Waals surface area contributed by atoms with Gasteiger partial charge in [-0.3, -0.25) is 4.79 Å². The van der Waals surface area contributed by atoms with Crippen molar-refractivity contribution in [3.63, 3.8) is 0 Å². The summed E-state index contributed by atoms with van der Waals surface area (Å²) < 4.78 is 0. The number of rotatable bonds is 3. The molecule has 3 N–H and O–H groups in total. The molecular formula is C14H22N2OS. The first-order chi connectivity index (χ1) is 8.50. The van der Waals surface area contributed by atoms with Crippen molar-refractivity contribution in [3.8, 4) is 0 Å². The third-order valence-electron chi connectivity index (χ3n) is 3.81. The summed E-state index contributed by atoms with van der Waals surface area (Å²) in [6.07, 6.45) is 4.05. The summed E-state index contributed by atoms with van der Waals surface area (Å²) in [5.41, 5.74) is 5.44. The zero-order valence-electron chi connectivity index (χ0n) is 11.1. The van der Waals surface area contributed by atoms with Crippen LogP contribution in [0.5, 0.6) is 0 Å². The maximum absolute atomic E-state index is 12.4. The lowest BCUT2D eigenvalue weighted by atomic mass is 9.87. The third-order valence-corrected chi connectivity index (χ3v) is 5.01. The number of amides is 1. The second-order valence-corrected chi connectivity index (χ2v) is 6.64. The molecule has 0 aliphatic heterocycles. The van der Waals surface area contributed by atoms with Gasteiger partial charge in [0.25, 0.3) is 0 Å². The summed E-state index contributed by atoms with van der Waals surface area (Å²) in [7, 11) is 0. The van der Waals surface area contributed by atoms with E-state index in [1.165, 1.54) is 0 Å². The SMILES string of the molecule is CC(C)(C(=O)NC1CCC(N)CC1)c1cccs1. The van der Waals surface area contributed by atoms with Crippen LogP contribution in [0.25, 0.3) is 0 Å². The van der Waals surface area contributed by atoms with E-state index < -0.39 is 5.41 Å². The van der Waals surface area contributed by atoms with E-state index in [4.69, 9.17) is 5.73 Å². The van der Waals surface area contributed by atoms with Crippen molar-refractivity contribution >= 4 is 17.2 Å². The van der Waals surface area contributed by atoms with E-state index in [9.17, 15) is 4.79 Å². The molecular weight excluding hydrogens is 244 g/mol. The topological polar surface area (TPSA) is 55.1 Å². The van der Waals surface area contributed by atoms with Gasteiger partial charge in [-0.1, -0.05) is 6.07 Å². The van der Waals surface area contributed by atoms with Crippen molar-refractivity contribution in [2.45, 2.75) is 57.0 Å². The minimum Gasteiger partial charge on any atom is -0.353 e. The molecule has 0 saturated heterocycles. The molecule has 1 aliphatic carbocycles. The Kier molecular flexibility index (Phi) is 4.07. The van der Waals surface area contributed by atoms with E-state index in [1.54, 1.807) is 11.3 Å². The molecule has 0 aromatic carbocycles. The Morgan fingerprint density at radius 2 is 2.06 bits per heavy atom. The number of hydrogen-bond donors (Lipinski definition) is 2. The molecule has 0 spiro atoms. The number of thiophene rings is 1. The van der Waals surface area contributed by atoms with Crippen LogP contribution in [0, 0.1) is 0 Å². The fourth-order valence-electron chi connectivity index (χ4n) is 2.38. The van der Waals surface area contributed by atoms with Crippen LogP contribution in [-0.4, -0.2) is 18.0 Å². The van der Waals surface area contributed by atoms with Crippen LogP contribution < -0.4 is 11.1 Å². The summed E-state index contributed by atoms with van der Waals surface area (Å²) >= 11 is 1.64. The van der Waals surface area contributed by atoms with Crippen LogP contribution >= 0.6 is 11.3 Å². The molecule has 0 bridgehead atoms. The molecule has 1 aliphatic rings. The molecule has 3 nitrogen and oxygen atoms in total. The third kappa shape index (κ3) is 2.93. The predicted octanol–water partition coefficient (Wildman–Crippen LogP) is 2.41. The Hall–Kier alpha value is -0.870. The van der Waals surface area contributed by atoms with Crippen molar-refractivity contribution in [2.75, 3.05) is 0 Å². The van der Waals surface area contributed by atoms with Crippen LogP contribution in [0.2, 0.25) is 0 Å². The highest BCUT2D eigenvalue weighted by atomic mass is 32.1. The van der Waals surface area contributed by atoms with E-state index >= 15 is 0 Å². The van der Waals surface area contributed by atoms with Crippen molar-refractivity contribution in [1.29, 1.82) is 0 Å². The quantitative estimate of drug-likeness (QED) is 0.882. The van der Waals surface area contributed by atoms with E-state index in [-0.39, 0.29) is 5.91 Å². The predicted molar refractivity (Wildman–Crippen MR) is 75.7 cm³/mol. The first-order valence-corrected chi connectivity index (χ1v) is 7.48. The Morgan fingerprint density at radius 3 is 2.61 bits per heavy atom. The summed E-state index contributed by atoms with van der Waals surface area (Å²) in [6, 6.07) is 4.65. The first-order valence-electron chi connectivity index (χ1n) is 6.60. The van der Waals surface area contributed by atoms with Crippen molar-refractivity contribution in [1.82, 2.24) is 5.32 Å². The lowest BCUT2D eigenvalue weighted by molar-refractivity contribution is -0.126. The van der Waals surface area contributed by atoms with Crippen LogP contribution in [0.4, 0.5) is 0 Å². The van der Waals surface area contributed by atoms with Gasteiger partial charge in [0.05, 0.1) is 5.41 Å². The molecule has 1 aromatic rings. The molecule has 18 heavy (non-hydrogen) atoms. The minimum absolute atomic E-state index is 0.130. The molecule has 0 radical (unpaired) electrons. The average molecular weight is 266 g/mol. The van der Waals surface area contributed by atoms with Gasteiger partial charge in [0.2, 0.25) is 5.91 Å². The highest BCUT2D eigenvalue weighted by Gasteiger charge is 2.32. The maximum atomic E-state index is 12.4. The maximum Gasteiger partial charge on any atom is 0.231 e. The van der Waals surface area contributed by atoms with Gasteiger partial charge in [0.15, 0.2) is 0 Å². The van der Waals surface area contributed by atoms with Gasteiger partial charge in [-0.05, 0) is 51.0 Å². The fraction of sp³-hybridized carbons (Fsp3) is 0.643. The van der Waals surface area contributed by atoms with Gasteiger partial charge >= 0.3 is 0 Å². The van der Waals surface area contributed by atoms with Gasteiger partial charge in [-0.25, -0.2) is 0 Å². The zero-order valence-corrected chi connectivity index (χ0v) is 11.9. The molecule has 1 aromatic heterocycles. The molecule has 0 atom stereocenters. The molecule has 1 amide bonds. The minimum atomic E-state index is -0.437. The number of carbonyl (C=O) groups is 1. The largest absolute Gasteiger partial charge is 0.353 e. The Balaban J connectivity index is 1.95. The molecule has 0 unspecified atom stereocenters. The zero-order chi connectivity index (χ0) is 13.2. The molecule has 1 saturated carbocycles. The lowest BCUT2D eigenvalue weighted by Crippen LogP contribution is -2.47. The van der Waals surface area contributed by atoms with Crippen molar-refractivity contribution < 1.29 is 4.79 Å². The summed E-state index contributed by atoms with van der Waals surface area (Å²) in [6.45, 7) is 3.98. The van der Waals surface area contributed by atoms with Crippen LogP contribution in [0.1, 0.15) is 44.4 Å². The average Bonchev–Trinajstić information content (AvgIpc) is 2.86. The van der Waals surface area contributed by atoms with E-state index in [0.717, 1.165) is 30.6 Å². The van der Waals surface area contributed by atoms with Gasteiger partial charge in [0.1, 0.15) is 0 Å². The number of carbonyl (C=O) groups excluding carboxylic acids is 1. The van der Waals surface area contributed by atoms with Gasteiger partial charge in [-0.15, -0.1) is 11.3 Å². The standard InChI is InChI=1S/C14H22N2OS/c1-14(2,12-4-3-9-18-12)13(17)16-11-7-5-10(15)6-8-11/h3-4,9-11H,5-8,15H2,1-2H3,(H,16,17). The smallest absolute Gasteiger partial charge is 0.231 e. The second-order valence-electron chi connectivity index (χ2n) is 5.69. The molecule has 2 rings (SSSR count). The first kappa shape index (κ1) is 13.6. The molecule has 1 fully saturated rings. The van der Waals surface area contributed by atoms with Crippen LogP contribution in [-0.2, 0) is 10.2 Å². The van der Waals surface area contributed by atoms with Gasteiger partial charge in [0, 0.05) is 17.0 Å². The highest BCUT2D eigenvalue weighted by Crippen LogP contribution is 2.28. The second kappa shape index (κ2) is 5.41. The van der Waals surface area contributed by atoms with E-state index in [1.807, 2.05) is 31.4 Å². The number of nitrogens with two attached hydrogens (primary N) is 1. The van der Waals surface area contributed by atoms with Crippen molar-refractivity contribution in [3.05, 3.63) is 22.4 Å².